The van der Waals surface area contributed by atoms with Crippen molar-refractivity contribution in [2.45, 2.75) is 0 Å². The maximum absolute atomic E-state index is 13.2. The van der Waals surface area contributed by atoms with Crippen LogP contribution in [0.25, 0.3) is 5.69 Å². The van der Waals surface area contributed by atoms with E-state index in [0.717, 1.165) is 23.0 Å². The highest BCUT2D eigenvalue weighted by atomic mass is 79.9. The van der Waals surface area contributed by atoms with Crippen molar-refractivity contribution in [3.8, 4) is 22.9 Å². The average Bonchev–Trinajstić information content (AvgIpc) is 2.77. The molecule has 166 valence electrons. The van der Waals surface area contributed by atoms with Crippen molar-refractivity contribution in [2.75, 3.05) is 0 Å². The summed E-state index contributed by atoms with van der Waals surface area (Å²) in [5.74, 6) is -0.678. The average molecular weight is 577 g/mol. The van der Waals surface area contributed by atoms with Crippen LogP contribution in [0.5, 0.6) is 17.2 Å². The Morgan fingerprint density at radius 2 is 1.70 bits per heavy atom. The van der Waals surface area contributed by atoms with Crippen molar-refractivity contribution < 1.29 is 19.0 Å². The molecule has 0 unspecified atom stereocenters. The lowest BCUT2D eigenvalue weighted by Gasteiger charge is -2.13. The molecule has 0 saturated carbocycles. The minimum atomic E-state index is -0.711. The molecule has 0 atom stereocenters. The number of phenolic OH excluding ortho intramolecular Hbond substituents is 1. The molecule has 0 fully saturated rings. The van der Waals surface area contributed by atoms with Crippen molar-refractivity contribution in [3.63, 3.8) is 0 Å². The Hall–Kier alpha value is -3.57. The zero-order valence-corrected chi connectivity index (χ0v) is 19.6. The minimum Gasteiger partial charge on any atom is -0.507 e. The molecule has 0 saturated heterocycles. The second kappa shape index (κ2) is 9.12. The van der Waals surface area contributed by atoms with Crippen LogP contribution in [0.1, 0.15) is 15.9 Å². The van der Waals surface area contributed by atoms with Gasteiger partial charge in [-0.25, -0.2) is 9.18 Å². The topological polar surface area (TPSA) is 114 Å². The van der Waals surface area contributed by atoms with Gasteiger partial charge < -0.3 is 9.84 Å². The molecule has 0 spiro atoms. The molecule has 1 heterocycles. The zero-order valence-electron chi connectivity index (χ0n) is 16.4. The Morgan fingerprint density at radius 1 is 1.03 bits per heavy atom. The van der Waals surface area contributed by atoms with Gasteiger partial charge in [-0.3, -0.25) is 14.6 Å². The van der Waals surface area contributed by atoms with Crippen molar-refractivity contribution >= 4 is 37.6 Å². The Morgan fingerprint density at radius 3 is 2.33 bits per heavy atom. The molecule has 33 heavy (non-hydrogen) atoms. The second-order valence-corrected chi connectivity index (χ2v) is 8.42. The fourth-order valence-electron chi connectivity index (χ4n) is 2.94. The highest BCUT2D eigenvalue weighted by Gasteiger charge is 2.17. The van der Waals surface area contributed by atoms with Gasteiger partial charge in [0.05, 0.1) is 20.2 Å². The highest BCUT2D eigenvalue weighted by Crippen LogP contribution is 2.39. The van der Waals surface area contributed by atoms with Gasteiger partial charge in [0, 0.05) is 5.56 Å². The van der Waals surface area contributed by atoms with Gasteiger partial charge >= 0.3 is 5.69 Å². The molecule has 1 aromatic heterocycles. The van der Waals surface area contributed by atoms with Crippen LogP contribution in [-0.2, 0) is 0 Å². The molecule has 2 N–H and O–H groups in total. The molecule has 3 aromatic carbocycles. The molecule has 4 aromatic rings. The van der Waals surface area contributed by atoms with E-state index in [1.54, 1.807) is 12.1 Å². The van der Waals surface area contributed by atoms with Crippen LogP contribution in [0, 0.1) is 5.82 Å². The van der Waals surface area contributed by atoms with Gasteiger partial charge in [0.1, 0.15) is 23.5 Å². The number of halogens is 3. The summed E-state index contributed by atoms with van der Waals surface area (Å²) < 4.78 is 20.9. The van der Waals surface area contributed by atoms with E-state index in [9.17, 15) is 23.9 Å². The van der Waals surface area contributed by atoms with Crippen molar-refractivity contribution in [1.82, 2.24) is 14.8 Å². The number of ketones is 1. The maximum Gasteiger partial charge on any atom is 0.349 e. The standard InChI is InChI=1S/C22H12Br2FN3O5/c23-16-7-13(28-22(32)27-19(30)10-26-28)8-17(24)21(16)33-14-5-6-18(29)15(9-14)20(31)11-1-3-12(25)4-2-11/h1-10,29H,(H,27,30,32). The van der Waals surface area contributed by atoms with Crippen LogP contribution in [0.15, 0.2) is 79.3 Å². The predicted molar refractivity (Wildman–Crippen MR) is 124 cm³/mol. The third-order valence-electron chi connectivity index (χ3n) is 4.48. The lowest BCUT2D eigenvalue weighted by atomic mass is 10.0. The number of rotatable bonds is 5. The van der Waals surface area contributed by atoms with Gasteiger partial charge in [-0.2, -0.15) is 9.78 Å². The van der Waals surface area contributed by atoms with Gasteiger partial charge in [-0.05, 0) is 86.5 Å². The molecular formula is C22H12Br2FN3O5. The summed E-state index contributed by atoms with van der Waals surface area (Å²) in [7, 11) is 0. The van der Waals surface area contributed by atoms with E-state index in [2.05, 4.69) is 41.9 Å². The number of carbonyl (C=O) groups excluding carboxylic acids is 1. The molecular weight excluding hydrogens is 565 g/mol. The van der Waals surface area contributed by atoms with E-state index in [1.165, 1.54) is 30.3 Å². The molecule has 0 aliphatic carbocycles. The monoisotopic (exact) mass is 575 g/mol. The number of ether oxygens (including phenoxy) is 1. The fraction of sp³-hybridized carbons (Fsp3) is 0. The molecule has 0 aliphatic heterocycles. The van der Waals surface area contributed by atoms with Crippen LogP contribution in [0.4, 0.5) is 4.39 Å². The van der Waals surface area contributed by atoms with Gasteiger partial charge in [-0.1, -0.05) is 0 Å². The second-order valence-electron chi connectivity index (χ2n) is 6.71. The number of aromatic hydroxyl groups is 1. The first-order valence-corrected chi connectivity index (χ1v) is 10.8. The Kier molecular flexibility index (Phi) is 6.25. The fourth-order valence-corrected chi connectivity index (χ4v) is 4.26. The van der Waals surface area contributed by atoms with Crippen LogP contribution in [-0.4, -0.2) is 25.7 Å². The third-order valence-corrected chi connectivity index (χ3v) is 5.66. The molecule has 0 amide bonds. The van der Waals surface area contributed by atoms with Crippen molar-refractivity contribution in [1.29, 1.82) is 0 Å². The summed E-state index contributed by atoms with van der Waals surface area (Å²) in [4.78, 5) is 38.1. The van der Waals surface area contributed by atoms with E-state index in [-0.39, 0.29) is 22.6 Å². The number of aromatic nitrogens is 3. The molecule has 4 rings (SSSR count). The van der Waals surface area contributed by atoms with Gasteiger partial charge in [0.15, 0.2) is 11.5 Å². The largest absolute Gasteiger partial charge is 0.507 e. The van der Waals surface area contributed by atoms with E-state index in [4.69, 9.17) is 4.74 Å². The quantitative estimate of drug-likeness (QED) is 0.342. The Balaban J connectivity index is 1.67. The number of H-pyrrole nitrogens is 1. The van der Waals surface area contributed by atoms with Crippen LogP contribution < -0.4 is 16.0 Å². The first kappa shape index (κ1) is 22.6. The van der Waals surface area contributed by atoms with E-state index in [1.807, 2.05) is 0 Å². The summed E-state index contributed by atoms with van der Waals surface area (Å²) in [5, 5.41) is 14.0. The third kappa shape index (κ3) is 4.78. The SMILES string of the molecule is O=C(c1ccc(F)cc1)c1cc(Oc2c(Br)cc(-n3ncc(=O)[nH]c3=O)cc2Br)ccc1O. The summed E-state index contributed by atoms with van der Waals surface area (Å²) in [6.07, 6.45) is 0.976. The van der Waals surface area contributed by atoms with Crippen molar-refractivity contribution in [2.24, 2.45) is 0 Å². The summed E-state index contributed by atoms with van der Waals surface area (Å²) in [6, 6.07) is 12.2. The summed E-state index contributed by atoms with van der Waals surface area (Å²) in [5.41, 5.74) is -0.799. The molecule has 11 heteroatoms. The van der Waals surface area contributed by atoms with Crippen LogP contribution in [0.2, 0.25) is 0 Å². The number of aromatic amines is 1. The van der Waals surface area contributed by atoms with Gasteiger partial charge in [0.25, 0.3) is 5.56 Å². The van der Waals surface area contributed by atoms with Crippen LogP contribution in [0.3, 0.4) is 0 Å². The van der Waals surface area contributed by atoms with Gasteiger partial charge in [0.2, 0.25) is 0 Å². The maximum atomic E-state index is 13.2. The van der Waals surface area contributed by atoms with Crippen LogP contribution >= 0.6 is 31.9 Å². The van der Waals surface area contributed by atoms with E-state index in [0.29, 0.717) is 20.4 Å². The number of nitrogens with zero attached hydrogens (tertiary/aromatic N) is 2. The number of nitrogens with one attached hydrogen (secondary N) is 1. The first-order valence-electron chi connectivity index (χ1n) is 9.22. The predicted octanol–water partition coefficient (Wildman–Crippen LogP) is 4.31. The number of hydrogen-bond acceptors (Lipinski definition) is 6. The lowest BCUT2D eigenvalue weighted by molar-refractivity contribution is 0.103. The molecule has 8 nitrogen and oxygen atoms in total. The first-order chi connectivity index (χ1) is 15.7. The minimum absolute atomic E-state index is 0.0213. The molecule has 0 bridgehead atoms. The summed E-state index contributed by atoms with van der Waals surface area (Å²) in [6.45, 7) is 0. The molecule has 0 radical (unpaired) electrons. The normalized spacial score (nSPS) is 10.8. The Bertz CT molecular complexity index is 1480. The van der Waals surface area contributed by atoms with E-state index < -0.39 is 22.8 Å². The van der Waals surface area contributed by atoms with Gasteiger partial charge in [-0.15, -0.1) is 0 Å². The van der Waals surface area contributed by atoms with Crippen molar-refractivity contribution in [3.05, 3.63) is 108 Å². The highest BCUT2D eigenvalue weighted by molar-refractivity contribution is 9.11. The summed E-state index contributed by atoms with van der Waals surface area (Å²) >= 11 is 6.75. The zero-order chi connectivity index (χ0) is 23.7. The number of phenols is 1. The number of carbonyl (C=O) groups is 1. The van der Waals surface area contributed by atoms with E-state index >= 15 is 0 Å². The Labute approximate surface area is 201 Å². The number of benzene rings is 3. The number of hydrogen-bond donors (Lipinski definition) is 2. The lowest BCUT2D eigenvalue weighted by Crippen LogP contribution is -2.30. The molecule has 0 aliphatic rings. The smallest absolute Gasteiger partial charge is 0.349 e.